The van der Waals surface area contributed by atoms with Crippen LogP contribution in [0.1, 0.15) is 44.2 Å². The minimum Gasteiger partial charge on any atom is -0.354 e. The first-order valence-corrected chi connectivity index (χ1v) is 8.39. The summed E-state index contributed by atoms with van der Waals surface area (Å²) < 4.78 is 0. The Morgan fingerprint density at radius 2 is 2.09 bits per heavy atom. The third kappa shape index (κ3) is 4.55. The topological polar surface area (TPSA) is 58.4 Å². The van der Waals surface area contributed by atoms with Crippen molar-refractivity contribution < 1.29 is 4.79 Å². The highest BCUT2D eigenvalue weighted by molar-refractivity contribution is 5.85. The average Bonchev–Trinajstić information content (AvgIpc) is 2.51. The molecule has 1 aliphatic heterocycles. The molecule has 4 nitrogen and oxygen atoms in total. The molecule has 0 saturated heterocycles. The van der Waals surface area contributed by atoms with E-state index in [2.05, 4.69) is 34.5 Å². The van der Waals surface area contributed by atoms with Crippen LogP contribution in [0.25, 0.3) is 0 Å². The lowest BCUT2D eigenvalue weighted by Gasteiger charge is -2.29. The molecule has 122 valence electrons. The summed E-state index contributed by atoms with van der Waals surface area (Å²) in [4.78, 5) is 14.5. The molecule has 3 N–H and O–H groups in total. The summed E-state index contributed by atoms with van der Waals surface area (Å²) in [6, 6.07) is 8.67. The molecule has 0 aromatic heterocycles. The number of nitrogens with two attached hydrogens (primary N) is 1. The van der Waals surface area contributed by atoms with Gasteiger partial charge < -0.3 is 11.1 Å². The maximum absolute atomic E-state index is 12.0. The van der Waals surface area contributed by atoms with Crippen LogP contribution >= 0.6 is 0 Å². The molecule has 0 spiro atoms. The van der Waals surface area contributed by atoms with Gasteiger partial charge in [-0.15, -0.1) is 0 Å². The van der Waals surface area contributed by atoms with Crippen molar-refractivity contribution in [3.05, 3.63) is 35.4 Å². The second-order valence-electron chi connectivity index (χ2n) is 6.57. The van der Waals surface area contributed by atoms with E-state index in [1.807, 2.05) is 13.8 Å². The van der Waals surface area contributed by atoms with Crippen LogP contribution in [0.5, 0.6) is 0 Å². The average molecular weight is 303 g/mol. The SMILES string of the molecule is CCCC(C)(N)C(=O)NCCCN1CCc2ccccc2C1. The molecule has 1 unspecified atom stereocenters. The van der Waals surface area contributed by atoms with Crippen molar-refractivity contribution >= 4 is 5.91 Å². The van der Waals surface area contributed by atoms with E-state index >= 15 is 0 Å². The van der Waals surface area contributed by atoms with Gasteiger partial charge in [-0.05, 0) is 37.3 Å². The smallest absolute Gasteiger partial charge is 0.239 e. The number of nitrogens with one attached hydrogen (secondary N) is 1. The molecule has 1 aromatic rings. The Morgan fingerprint density at radius 1 is 1.36 bits per heavy atom. The summed E-state index contributed by atoms with van der Waals surface area (Å²) in [5.74, 6) is -0.0293. The third-order valence-corrected chi connectivity index (χ3v) is 4.43. The molecule has 4 heteroatoms. The van der Waals surface area contributed by atoms with Crippen LogP contribution in [0.15, 0.2) is 24.3 Å². The van der Waals surface area contributed by atoms with Crippen molar-refractivity contribution in [2.45, 2.75) is 51.6 Å². The monoisotopic (exact) mass is 303 g/mol. The van der Waals surface area contributed by atoms with Gasteiger partial charge >= 0.3 is 0 Å². The molecule has 1 aliphatic rings. The van der Waals surface area contributed by atoms with Crippen LogP contribution in [0.3, 0.4) is 0 Å². The molecule has 2 rings (SSSR count). The first-order valence-electron chi connectivity index (χ1n) is 8.39. The molecule has 22 heavy (non-hydrogen) atoms. The van der Waals surface area contributed by atoms with Crippen LogP contribution in [0, 0.1) is 0 Å². The highest BCUT2D eigenvalue weighted by Gasteiger charge is 2.26. The third-order valence-electron chi connectivity index (χ3n) is 4.43. The quantitative estimate of drug-likeness (QED) is 0.758. The van der Waals surface area contributed by atoms with Crippen molar-refractivity contribution in [1.82, 2.24) is 10.2 Å². The van der Waals surface area contributed by atoms with E-state index in [0.717, 1.165) is 45.3 Å². The van der Waals surface area contributed by atoms with Gasteiger partial charge in [0.2, 0.25) is 5.91 Å². The van der Waals surface area contributed by atoms with Crippen LogP contribution in [-0.4, -0.2) is 36.0 Å². The molecule has 0 saturated carbocycles. The van der Waals surface area contributed by atoms with Gasteiger partial charge in [-0.2, -0.15) is 0 Å². The van der Waals surface area contributed by atoms with E-state index in [-0.39, 0.29) is 5.91 Å². The second kappa shape index (κ2) is 7.75. The van der Waals surface area contributed by atoms with Crippen LogP contribution in [-0.2, 0) is 17.8 Å². The summed E-state index contributed by atoms with van der Waals surface area (Å²) in [6.45, 7) is 7.71. The second-order valence-corrected chi connectivity index (χ2v) is 6.57. The summed E-state index contributed by atoms with van der Waals surface area (Å²) in [7, 11) is 0. The number of carbonyl (C=O) groups excluding carboxylic acids is 1. The molecule has 0 fully saturated rings. The maximum atomic E-state index is 12.0. The molecule has 1 atom stereocenters. The fourth-order valence-electron chi connectivity index (χ4n) is 3.08. The Hall–Kier alpha value is -1.39. The van der Waals surface area contributed by atoms with Crippen molar-refractivity contribution in [2.75, 3.05) is 19.6 Å². The Labute approximate surface area is 134 Å². The first kappa shape index (κ1) is 17.0. The largest absolute Gasteiger partial charge is 0.354 e. The Morgan fingerprint density at radius 3 is 2.82 bits per heavy atom. The van der Waals surface area contributed by atoms with Crippen molar-refractivity contribution in [3.63, 3.8) is 0 Å². The number of fused-ring (bicyclic) bond motifs is 1. The van der Waals surface area contributed by atoms with Gasteiger partial charge in [-0.1, -0.05) is 37.6 Å². The van der Waals surface area contributed by atoms with E-state index < -0.39 is 5.54 Å². The van der Waals surface area contributed by atoms with Crippen molar-refractivity contribution in [3.8, 4) is 0 Å². The number of nitrogens with zero attached hydrogens (tertiary/aromatic N) is 1. The Balaban J connectivity index is 1.69. The van der Waals surface area contributed by atoms with Gasteiger partial charge in [0.05, 0.1) is 5.54 Å². The molecule has 1 heterocycles. The van der Waals surface area contributed by atoms with E-state index in [0.29, 0.717) is 6.54 Å². The fraction of sp³-hybridized carbons (Fsp3) is 0.611. The van der Waals surface area contributed by atoms with Gasteiger partial charge in [-0.3, -0.25) is 9.69 Å². The fourth-order valence-corrected chi connectivity index (χ4v) is 3.08. The lowest BCUT2D eigenvalue weighted by atomic mass is 9.96. The number of hydrogen-bond acceptors (Lipinski definition) is 3. The molecular weight excluding hydrogens is 274 g/mol. The molecule has 0 bridgehead atoms. The minimum atomic E-state index is -0.737. The zero-order chi connectivity index (χ0) is 16.0. The maximum Gasteiger partial charge on any atom is 0.239 e. The summed E-state index contributed by atoms with van der Waals surface area (Å²) in [5, 5.41) is 2.98. The van der Waals surface area contributed by atoms with Crippen LogP contribution < -0.4 is 11.1 Å². The van der Waals surface area contributed by atoms with Gasteiger partial charge in [0, 0.05) is 26.2 Å². The standard InChI is InChI=1S/C18H29N3O/c1-3-10-18(2,19)17(22)20-11-6-12-21-13-9-15-7-4-5-8-16(15)14-21/h4-5,7-8H,3,6,9-14,19H2,1-2H3,(H,20,22). The van der Waals surface area contributed by atoms with E-state index in [1.54, 1.807) is 0 Å². The van der Waals surface area contributed by atoms with E-state index in [1.165, 1.54) is 11.1 Å². The predicted octanol–water partition coefficient (Wildman–Crippen LogP) is 2.07. The normalized spacial score (nSPS) is 17.6. The van der Waals surface area contributed by atoms with Crippen LogP contribution in [0.4, 0.5) is 0 Å². The number of benzene rings is 1. The molecule has 1 amide bonds. The highest BCUT2D eigenvalue weighted by Crippen LogP contribution is 2.18. The van der Waals surface area contributed by atoms with Crippen LogP contribution in [0.2, 0.25) is 0 Å². The summed E-state index contributed by atoms with van der Waals surface area (Å²) in [5.41, 5.74) is 8.21. The lowest BCUT2D eigenvalue weighted by Crippen LogP contribution is -2.51. The molecule has 1 aromatic carbocycles. The number of hydrogen-bond donors (Lipinski definition) is 2. The number of amides is 1. The molecule has 0 radical (unpaired) electrons. The minimum absolute atomic E-state index is 0.0293. The highest BCUT2D eigenvalue weighted by atomic mass is 16.2. The number of carbonyl (C=O) groups is 1. The molecule has 0 aliphatic carbocycles. The number of rotatable bonds is 7. The zero-order valence-corrected chi connectivity index (χ0v) is 13.9. The lowest BCUT2D eigenvalue weighted by molar-refractivity contribution is -0.126. The van der Waals surface area contributed by atoms with Gasteiger partial charge in [0.25, 0.3) is 0 Å². The first-order chi connectivity index (χ1) is 10.5. The summed E-state index contributed by atoms with van der Waals surface area (Å²) >= 11 is 0. The Bertz CT molecular complexity index is 499. The molecular formula is C18H29N3O. The summed E-state index contributed by atoms with van der Waals surface area (Å²) in [6.07, 6.45) is 3.74. The van der Waals surface area contributed by atoms with Gasteiger partial charge in [0.1, 0.15) is 0 Å². The van der Waals surface area contributed by atoms with E-state index in [4.69, 9.17) is 5.73 Å². The van der Waals surface area contributed by atoms with Gasteiger partial charge in [-0.25, -0.2) is 0 Å². The van der Waals surface area contributed by atoms with E-state index in [9.17, 15) is 4.79 Å². The van der Waals surface area contributed by atoms with Crippen molar-refractivity contribution in [1.29, 1.82) is 0 Å². The van der Waals surface area contributed by atoms with Crippen molar-refractivity contribution in [2.24, 2.45) is 5.73 Å². The van der Waals surface area contributed by atoms with Gasteiger partial charge in [0.15, 0.2) is 0 Å². The zero-order valence-electron chi connectivity index (χ0n) is 13.9. The Kier molecular flexibility index (Phi) is 5.98. The predicted molar refractivity (Wildman–Crippen MR) is 90.6 cm³/mol.